The summed E-state index contributed by atoms with van der Waals surface area (Å²) in [5, 5.41) is 8.82. The number of carbonyl (C=O) groups excluding carboxylic acids is 1. The monoisotopic (exact) mass is 209 g/mol. The summed E-state index contributed by atoms with van der Waals surface area (Å²) in [6.45, 7) is 3.44. The first-order valence-electron chi connectivity index (χ1n) is 5.45. The smallest absolute Gasteiger partial charge is 0.239 e. The van der Waals surface area contributed by atoms with E-state index in [4.69, 9.17) is 5.26 Å². The van der Waals surface area contributed by atoms with Gasteiger partial charge in [0.2, 0.25) is 5.91 Å². The molecule has 0 aromatic heterocycles. The van der Waals surface area contributed by atoms with E-state index in [0.29, 0.717) is 12.5 Å². The molecule has 1 aliphatic rings. The summed E-state index contributed by atoms with van der Waals surface area (Å²) >= 11 is 0. The highest BCUT2D eigenvalue weighted by Gasteiger charge is 2.30. The van der Waals surface area contributed by atoms with Gasteiger partial charge in [0.05, 0.1) is 6.07 Å². The van der Waals surface area contributed by atoms with Gasteiger partial charge in [-0.05, 0) is 26.9 Å². The second-order valence-corrected chi connectivity index (χ2v) is 4.28. The first-order valence-corrected chi connectivity index (χ1v) is 5.45. The molecule has 0 saturated carbocycles. The van der Waals surface area contributed by atoms with Gasteiger partial charge in [0.15, 0.2) is 0 Å². The van der Waals surface area contributed by atoms with Crippen molar-refractivity contribution in [1.82, 2.24) is 9.80 Å². The van der Waals surface area contributed by atoms with E-state index < -0.39 is 5.92 Å². The summed E-state index contributed by atoms with van der Waals surface area (Å²) in [5.41, 5.74) is 0. The quantitative estimate of drug-likeness (QED) is 0.687. The number of hydrogen-bond acceptors (Lipinski definition) is 3. The van der Waals surface area contributed by atoms with Crippen LogP contribution in [0.3, 0.4) is 0 Å². The Kier molecular flexibility index (Phi) is 4.10. The fourth-order valence-electron chi connectivity index (χ4n) is 1.91. The summed E-state index contributed by atoms with van der Waals surface area (Å²) in [7, 11) is 4.06. The predicted octanol–water partition coefficient (Wildman–Crippen LogP) is 0.699. The molecule has 1 saturated heterocycles. The van der Waals surface area contributed by atoms with E-state index in [0.717, 1.165) is 19.5 Å². The molecule has 1 heterocycles. The number of rotatable bonds is 3. The first-order chi connectivity index (χ1) is 7.10. The number of carbonyl (C=O) groups is 1. The average Bonchev–Trinajstić information content (AvgIpc) is 2.68. The molecule has 0 N–H and O–H groups in total. The van der Waals surface area contributed by atoms with Crippen LogP contribution in [0.4, 0.5) is 0 Å². The molecule has 0 bridgehead atoms. The molecule has 0 spiro atoms. The minimum absolute atomic E-state index is 0.00403. The van der Waals surface area contributed by atoms with E-state index in [9.17, 15) is 4.79 Å². The zero-order valence-electron chi connectivity index (χ0n) is 9.73. The van der Waals surface area contributed by atoms with Crippen LogP contribution in [0.2, 0.25) is 0 Å². The van der Waals surface area contributed by atoms with Crippen molar-refractivity contribution in [2.24, 2.45) is 5.92 Å². The van der Waals surface area contributed by atoms with E-state index in [-0.39, 0.29) is 5.91 Å². The molecule has 84 valence electrons. The molecule has 0 aromatic rings. The molecule has 4 heteroatoms. The fraction of sp³-hybridized carbons (Fsp3) is 0.818. The Labute approximate surface area is 91.5 Å². The van der Waals surface area contributed by atoms with Gasteiger partial charge in [-0.15, -0.1) is 0 Å². The van der Waals surface area contributed by atoms with E-state index in [1.165, 1.54) is 0 Å². The lowest BCUT2D eigenvalue weighted by atomic mass is 10.1. The highest BCUT2D eigenvalue weighted by molar-refractivity contribution is 5.81. The Balaban J connectivity index is 2.54. The number of amides is 1. The van der Waals surface area contributed by atoms with Gasteiger partial charge in [0.1, 0.15) is 5.92 Å². The Morgan fingerprint density at radius 3 is 2.73 bits per heavy atom. The summed E-state index contributed by atoms with van der Waals surface area (Å²) in [5.74, 6) is -0.449. The molecule has 15 heavy (non-hydrogen) atoms. The van der Waals surface area contributed by atoms with Gasteiger partial charge < -0.3 is 9.80 Å². The molecular weight excluding hydrogens is 190 g/mol. The highest BCUT2D eigenvalue weighted by atomic mass is 16.2. The predicted molar refractivity (Wildman–Crippen MR) is 58.1 cm³/mol. The van der Waals surface area contributed by atoms with E-state index in [2.05, 4.69) is 11.0 Å². The van der Waals surface area contributed by atoms with E-state index >= 15 is 0 Å². The summed E-state index contributed by atoms with van der Waals surface area (Å²) in [4.78, 5) is 15.8. The lowest BCUT2D eigenvalue weighted by Gasteiger charge is -2.21. The van der Waals surface area contributed by atoms with Crippen LogP contribution in [-0.2, 0) is 4.79 Å². The summed E-state index contributed by atoms with van der Waals surface area (Å²) in [6, 6.07) is 2.52. The first kappa shape index (κ1) is 12.0. The minimum Gasteiger partial charge on any atom is -0.340 e. The summed E-state index contributed by atoms with van der Waals surface area (Å²) < 4.78 is 0. The normalized spacial score (nSPS) is 22.9. The van der Waals surface area contributed by atoms with E-state index in [1.54, 1.807) is 0 Å². The van der Waals surface area contributed by atoms with Gasteiger partial charge in [-0.1, -0.05) is 6.92 Å². The van der Waals surface area contributed by atoms with Crippen molar-refractivity contribution >= 4 is 5.91 Å². The van der Waals surface area contributed by atoms with Gasteiger partial charge in [0, 0.05) is 19.1 Å². The standard InChI is InChI=1S/C11H19N3O/c1-4-9(7-12)11(15)14-6-5-10(8-14)13(2)3/h9-10H,4-6,8H2,1-3H3. The SMILES string of the molecule is CCC(C#N)C(=O)N1CCC(N(C)C)C1. The van der Waals surface area contributed by atoms with Gasteiger partial charge in [-0.25, -0.2) is 0 Å². The third kappa shape index (κ3) is 2.69. The fourth-order valence-corrected chi connectivity index (χ4v) is 1.91. The number of nitrogens with zero attached hydrogens (tertiary/aromatic N) is 3. The number of likely N-dealkylation sites (tertiary alicyclic amines) is 1. The maximum absolute atomic E-state index is 11.9. The van der Waals surface area contributed by atoms with Crippen LogP contribution in [0.1, 0.15) is 19.8 Å². The molecule has 2 atom stereocenters. The molecule has 1 fully saturated rings. The van der Waals surface area contributed by atoms with Crippen molar-refractivity contribution < 1.29 is 4.79 Å². The molecule has 1 rings (SSSR count). The molecule has 0 aromatic carbocycles. The van der Waals surface area contributed by atoms with Gasteiger partial charge >= 0.3 is 0 Å². The number of likely N-dealkylation sites (N-methyl/N-ethyl adjacent to an activating group) is 1. The Morgan fingerprint density at radius 2 is 2.33 bits per heavy atom. The van der Waals surface area contributed by atoms with Gasteiger partial charge in [-0.3, -0.25) is 4.79 Å². The number of hydrogen-bond donors (Lipinski definition) is 0. The second kappa shape index (κ2) is 5.13. The molecule has 0 radical (unpaired) electrons. The van der Waals surface area contributed by atoms with E-state index in [1.807, 2.05) is 25.9 Å². The molecule has 1 amide bonds. The Hall–Kier alpha value is -1.08. The lowest BCUT2D eigenvalue weighted by Crippen LogP contribution is -2.37. The zero-order valence-corrected chi connectivity index (χ0v) is 9.73. The molecule has 4 nitrogen and oxygen atoms in total. The Morgan fingerprint density at radius 1 is 1.67 bits per heavy atom. The maximum atomic E-state index is 11.9. The molecule has 1 aliphatic heterocycles. The zero-order chi connectivity index (χ0) is 11.4. The van der Waals surface area contributed by atoms with Crippen molar-refractivity contribution in [3.8, 4) is 6.07 Å². The van der Waals surface area contributed by atoms with Gasteiger partial charge in [-0.2, -0.15) is 5.26 Å². The van der Waals surface area contributed by atoms with Crippen molar-refractivity contribution in [3.05, 3.63) is 0 Å². The van der Waals surface area contributed by atoms with Crippen LogP contribution in [-0.4, -0.2) is 48.9 Å². The van der Waals surface area contributed by atoms with Crippen LogP contribution >= 0.6 is 0 Å². The van der Waals surface area contributed by atoms with Crippen molar-refractivity contribution in [2.45, 2.75) is 25.8 Å². The summed E-state index contributed by atoms with van der Waals surface area (Å²) in [6.07, 6.45) is 1.62. The topological polar surface area (TPSA) is 47.3 Å². The lowest BCUT2D eigenvalue weighted by molar-refractivity contribution is -0.132. The van der Waals surface area contributed by atoms with Crippen LogP contribution in [0.5, 0.6) is 0 Å². The largest absolute Gasteiger partial charge is 0.340 e. The van der Waals surface area contributed by atoms with Crippen LogP contribution in [0.25, 0.3) is 0 Å². The molecular formula is C11H19N3O. The van der Waals surface area contributed by atoms with Crippen molar-refractivity contribution in [2.75, 3.05) is 27.2 Å². The third-order valence-electron chi connectivity index (χ3n) is 3.07. The van der Waals surface area contributed by atoms with Crippen molar-refractivity contribution in [3.63, 3.8) is 0 Å². The Bertz CT molecular complexity index is 269. The minimum atomic E-state index is -0.453. The van der Waals surface area contributed by atoms with Crippen molar-refractivity contribution in [1.29, 1.82) is 5.26 Å². The van der Waals surface area contributed by atoms with Crippen LogP contribution in [0, 0.1) is 17.2 Å². The highest BCUT2D eigenvalue weighted by Crippen LogP contribution is 2.16. The third-order valence-corrected chi connectivity index (χ3v) is 3.07. The van der Waals surface area contributed by atoms with Gasteiger partial charge in [0.25, 0.3) is 0 Å². The number of nitriles is 1. The van der Waals surface area contributed by atoms with Crippen LogP contribution in [0.15, 0.2) is 0 Å². The second-order valence-electron chi connectivity index (χ2n) is 4.28. The molecule has 0 aliphatic carbocycles. The average molecular weight is 209 g/mol. The van der Waals surface area contributed by atoms with Crippen LogP contribution < -0.4 is 0 Å². The maximum Gasteiger partial charge on any atom is 0.239 e. The molecule has 2 unspecified atom stereocenters.